The first-order chi connectivity index (χ1) is 9.33. The molecule has 94 valence electrons. The summed E-state index contributed by atoms with van der Waals surface area (Å²) in [5, 5.41) is 10.4. The molecule has 0 aliphatic heterocycles. The lowest BCUT2D eigenvalue weighted by molar-refractivity contribution is 0.470. The van der Waals surface area contributed by atoms with Gasteiger partial charge in [0.15, 0.2) is 0 Å². The third-order valence-electron chi connectivity index (χ3n) is 3.73. The van der Waals surface area contributed by atoms with Gasteiger partial charge in [0.2, 0.25) is 0 Å². The van der Waals surface area contributed by atoms with Crippen molar-refractivity contribution in [3.8, 4) is 17.1 Å². The van der Waals surface area contributed by atoms with Crippen LogP contribution < -0.4 is 0 Å². The van der Waals surface area contributed by atoms with Crippen molar-refractivity contribution in [2.75, 3.05) is 0 Å². The van der Waals surface area contributed by atoms with Crippen LogP contribution in [-0.4, -0.2) is 15.1 Å². The topological polar surface area (TPSA) is 48.9 Å². The molecule has 1 saturated carbocycles. The standard InChI is InChI=1S/C16H14N2O/c19-15-11(10-8-9-10)4-3-5-12(15)16-17-13-6-1-2-7-14(13)18-16/h1-7,10,19H,8-9H2,(H,17,18). The first-order valence-electron chi connectivity index (χ1n) is 6.60. The van der Waals surface area contributed by atoms with Crippen LogP contribution >= 0.6 is 0 Å². The lowest BCUT2D eigenvalue weighted by Gasteiger charge is -2.06. The maximum atomic E-state index is 10.4. The van der Waals surface area contributed by atoms with E-state index in [2.05, 4.69) is 9.97 Å². The summed E-state index contributed by atoms with van der Waals surface area (Å²) in [4.78, 5) is 7.82. The first-order valence-corrected chi connectivity index (χ1v) is 6.60. The van der Waals surface area contributed by atoms with E-state index in [1.165, 1.54) is 12.8 Å². The summed E-state index contributed by atoms with van der Waals surface area (Å²) in [5.41, 5.74) is 3.76. The lowest BCUT2D eigenvalue weighted by atomic mass is 10.0. The monoisotopic (exact) mass is 250 g/mol. The zero-order valence-electron chi connectivity index (χ0n) is 10.4. The van der Waals surface area contributed by atoms with Crippen molar-refractivity contribution < 1.29 is 5.11 Å². The van der Waals surface area contributed by atoms with E-state index in [1.807, 2.05) is 42.5 Å². The van der Waals surface area contributed by atoms with E-state index >= 15 is 0 Å². The van der Waals surface area contributed by atoms with Gasteiger partial charge >= 0.3 is 0 Å². The summed E-state index contributed by atoms with van der Waals surface area (Å²) < 4.78 is 0. The number of imidazole rings is 1. The molecule has 0 bridgehead atoms. The van der Waals surface area contributed by atoms with E-state index in [9.17, 15) is 5.11 Å². The van der Waals surface area contributed by atoms with Crippen molar-refractivity contribution in [3.63, 3.8) is 0 Å². The van der Waals surface area contributed by atoms with E-state index in [0.717, 1.165) is 28.0 Å². The number of rotatable bonds is 2. The summed E-state index contributed by atoms with van der Waals surface area (Å²) in [6, 6.07) is 13.8. The van der Waals surface area contributed by atoms with Crippen molar-refractivity contribution >= 4 is 11.0 Å². The zero-order chi connectivity index (χ0) is 12.8. The molecule has 1 aliphatic rings. The van der Waals surface area contributed by atoms with Gasteiger partial charge in [-0.15, -0.1) is 0 Å². The number of para-hydroxylation sites is 3. The van der Waals surface area contributed by atoms with Crippen LogP contribution in [0.5, 0.6) is 5.75 Å². The normalized spacial score (nSPS) is 14.9. The lowest BCUT2D eigenvalue weighted by Crippen LogP contribution is -1.87. The number of phenolic OH excluding ortho intramolecular Hbond substituents is 1. The second-order valence-electron chi connectivity index (χ2n) is 5.12. The molecule has 0 saturated heterocycles. The molecule has 4 rings (SSSR count). The maximum Gasteiger partial charge on any atom is 0.142 e. The second-order valence-corrected chi connectivity index (χ2v) is 5.12. The van der Waals surface area contributed by atoms with E-state index < -0.39 is 0 Å². The average molecular weight is 250 g/mol. The molecule has 1 aliphatic carbocycles. The molecule has 3 aromatic rings. The minimum absolute atomic E-state index is 0.379. The molecule has 0 unspecified atom stereocenters. The molecular formula is C16H14N2O. The van der Waals surface area contributed by atoms with E-state index in [1.54, 1.807) is 0 Å². The first kappa shape index (κ1) is 10.6. The predicted molar refractivity (Wildman–Crippen MR) is 75.2 cm³/mol. The van der Waals surface area contributed by atoms with E-state index in [-0.39, 0.29) is 0 Å². The molecule has 1 fully saturated rings. The number of nitrogens with one attached hydrogen (secondary N) is 1. The Morgan fingerprint density at radius 1 is 1.05 bits per heavy atom. The van der Waals surface area contributed by atoms with Crippen molar-refractivity contribution in [2.24, 2.45) is 0 Å². The molecular weight excluding hydrogens is 236 g/mol. The Bertz CT molecular complexity index is 723. The van der Waals surface area contributed by atoms with Gasteiger partial charge in [-0.2, -0.15) is 0 Å². The minimum Gasteiger partial charge on any atom is -0.507 e. The number of hydrogen-bond donors (Lipinski definition) is 2. The molecule has 3 heteroatoms. The van der Waals surface area contributed by atoms with Crippen molar-refractivity contribution in [1.82, 2.24) is 9.97 Å². The van der Waals surface area contributed by atoms with Crippen LogP contribution in [0.4, 0.5) is 0 Å². The molecule has 0 amide bonds. The molecule has 0 spiro atoms. The molecule has 3 nitrogen and oxygen atoms in total. The van der Waals surface area contributed by atoms with Gasteiger partial charge < -0.3 is 10.1 Å². The predicted octanol–water partition coefficient (Wildman–Crippen LogP) is 3.81. The van der Waals surface area contributed by atoms with Crippen LogP contribution in [0, 0.1) is 0 Å². The van der Waals surface area contributed by atoms with Crippen molar-refractivity contribution in [1.29, 1.82) is 0 Å². The van der Waals surface area contributed by atoms with Gasteiger partial charge in [-0.05, 0) is 42.5 Å². The number of phenols is 1. The number of aromatic nitrogens is 2. The summed E-state index contributed by atoms with van der Waals surface area (Å²) in [5.74, 6) is 1.65. The van der Waals surface area contributed by atoms with Crippen LogP contribution in [0.1, 0.15) is 24.3 Å². The van der Waals surface area contributed by atoms with Gasteiger partial charge in [0.05, 0.1) is 16.6 Å². The number of hydrogen-bond acceptors (Lipinski definition) is 2. The third kappa shape index (κ3) is 1.70. The van der Waals surface area contributed by atoms with Crippen molar-refractivity contribution in [3.05, 3.63) is 48.0 Å². The number of aromatic amines is 1. The Kier molecular flexibility index (Phi) is 2.15. The Morgan fingerprint density at radius 2 is 1.89 bits per heavy atom. The van der Waals surface area contributed by atoms with Crippen LogP contribution in [0.25, 0.3) is 22.4 Å². The Balaban J connectivity index is 1.89. The quantitative estimate of drug-likeness (QED) is 0.726. The minimum atomic E-state index is 0.379. The molecule has 1 aromatic heterocycles. The van der Waals surface area contributed by atoms with Gasteiger partial charge in [-0.1, -0.05) is 24.3 Å². The highest BCUT2D eigenvalue weighted by molar-refractivity contribution is 5.80. The van der Waals surface area contributed by atoms with Crippen LogP contribution in [0.3, 0.4) is 0 Å². The fourth-order valence-electron chi connectivity index (χ4n) is 2.56. The Labute approximate surface area is 110 Å². The van der Waals surface area contributed by atoms with Gasteiger partial charge in [0.1, 0.15) is 11.6 Å². The molecule has 19 heavy (non-hydrogen) atoms. The summed E-state index contributed by atoms with van der Waals surface area (Å²) in [7, 11) is 0. The number of benzene rings is 2. The average Bonchev–Trinajstić information content (AvgIpc) is 3.17. The Morgan fingerprint density at radius 3 is 2.68 bits per heavy atom. The molecule has 0 radical (unpaired) electrons. The largest absolute Gasteiger partial charge is 0.507 e. The molecule has 0 atom stereocenters. The fourth-order valence-corrected chi connectivity index (χ4v) is 2.56. The highest BCUT2D eigenvalue weighted by Crippen LogP contribution is 2.46. The summed E-state index contributed by atoms with van der Waals surface area (Å²) in [6.07, 6.45) is 2.36. The molecule has 1 heterocycles. The second kappa shape index (κ2) is 3.85. The summed E-state index contributed by atoms with van der Waals surface area (Å²) >= 11 is 0. The SMILES string of the molecule is Oc1c(-c2nc3ccccc3[nH]2)cccc1C1CC1. The number of H-pyrrole nitrogens is 1. The van der Waals surface area contributed by atoms with Gasteiger partial charge in [0, 0.05) is 0 Å². The number of aromatic hydroxyl groups is 1. The number of fused-ring (bicyclic) bond motifs is 1. The van der Waals surface area contributed by atoms with Gasteiger partial charge in [-0.3, -0.25) is 0 Å². The van der Waals surface area contributed by atoms with Crippen molar-refractivity contribution in [2.45, 2.75) is 18.8 Å². The molecule has 2 N–H and O–H groups in total. The maximum absolute atomic E-state index is 10.4. The van der Waals surface area contributed by atoms with Gasteiger partial charge in [0.25, 0.3) is 0 Å². The van der Waals surface area contributed by atoms with E-state index in [4.69, 9.17) is 0 Å². The highest BCUT2D eigenvalue weighted by Gasteiger charge is 2.27. The summed E-state index contributed by atoms with van der Waals surface area (Å²) in [6.45, 7) is 0. The zero-order valence-corrected chi connectivity index (χ0v) is 10.4. The highest BCUT2D eigenvalue weighted by atomic mass is 16.3. The molecule has 2 aromatic carbocycles. The third-order valence-corrected chi connectivity index (χ3v) is 3.73. The smallest absolute Gasteiger partial charge is 0.142 e. The fraction of sp³-hybridized carbons (Fsp3) is 0.188. The van der Waals surface area contributed by atoms with Crippen LogP contribution in [-0.2, 0) is 0 Å². The number of nitrogens with zero attached hydrogens (tertiary/aromatic N) is 1. The van der Waals surface area contributed by atoms with Crippen LogP contribution in [0.15, 0.2) is 42.5 Å². The van der Waals surface area contributed by atoms with Crippen LogP contribution in [0.2, 0.25) is 0 Å². The Hall–Kier alpha value is -2.29. The van der Waals surface area contributed by atoms with E-state index in [0.29, 0.717) is 11.7 Å². The van der Waals surface area contributed by atoms with Gasteiger partial charge in [-0.25, -0.2) is 4.98 Å².